The molecule has 1 amide bonds. The number of rotatable bonds is 5. The first-order valence-corrected chi connectivity index (χ1v) is 9.72. The Hall–Kier alpha value is -3.26. The molecule has 2 heterocycles. The molecule has 31 heavy (non-hydrogen) atoms. The predicted molar refractivity (Wildman–Crippen MR) is 113 cm³/mol. The van der Waals surface area contributed by atoms with Gasteiger partial charge in [0.25, 0.3) is 5.91 Å². The summed E-state index contributed by atoms with van der Waals surface area (Å²) >= 11 is 0. The van der Waals surface area contributed by atoms with Crippen molar-refractivity contribution in [1.29, 1.82) is 0 Å². The van der Waals surface area contributed by atoms with E-state index in [0.717, 1.165) is 12.1 Å². The maximum atomic E-state index is 13.2. The van der Waals surface area contributed by atoms with E-state index >= 15 is 0 Å². The zero-order valence-corrected chi connectivity index (χ0v) is 17.1. The fourth-order valence-corrected chi connectivity index (χ4v) is 3.27. The summed E-state index contributed by atoms with van der Waals surface area (Å²) in [6.07, 6.45) is 3.79. The molecule has 0 N–H and O–H groups in total. The van der Waals surface area contributed by atoms with Crippen LogP contribution in [0, 0.1) is 0 Å². The minimum Gasteiger partial charge on any atom is -0.330 e. The van der Waals surface area contributed by atoms with Gasteiger partial charge >= 0.3 is 6.18 Å². The second-order valence-corrected chi connectivity index (χ2v) is 7.23. The lowest BCUT2D eigenvalue weighted by Gasteiger charge is -2.20. The fourth-order valence-electron chi connectivity index (χ4n) is 3.27. The van der Waals surface area contributed by atoms with Crippen LogP contribution < -0.4 is 0 Å². The van der Waals surface area contributed by atoms with E-state index in [1.54, 1.807) is 41.6 Å². The molecule has 3 rings (SSSR count). The topological polar surface area (TPSA) is 49.3 Å². The molecule has 1 saturated heterocycles. The highest BCUT2D eigenvalue weighted by molar-refractivity contribution is 5.97. The lowest BCUT2D eigenvalue weighted by molar-refractivity contribution is -0.137. The van der Waals surface area contributed by atoms with Crippen LogP contribution in [-0.4, -0.2) is 52.4 Å². The van der Waals surface area contributed by atoms with Crippen LogP contribution in [0.2, 0.25) is 0 Å². The third-order valence-corrected chi connectivity index (χ3v) is 4.88. The number of hydrogen-bond donors (Lipinski definition) is 0. The van der Waals surface area contributed by atoms with Gasteiger partial charge in [-0.1, -0.05) is 30.9 Å². The zero-order chi connectivity index (χ0) is 22.4. The zero-order valence-electron chi connectivity index (χ0n) is 17.1. The summed E-state index contributed by atoms with van der Waals surface area (Å²) in [6.45, 7) is 5.59. The Morgan fingerprint density at radius 3 is 2.45 bits per heavy atom. The number of allylic oxidation sites excluding steroid dienone is 4. The van der Waals surface area contributed by atoms with Crippen molar-refractivity contribution in [1.82, 2.24) is 19.8 Å². The minimum absolute atomic E-state index is 0.154. The van der Waals surface area contributed by atoms with E-state index in [4.69, 9.17) is 0 Å². The van der Waals surface area contributed by atoms with Gasteiger partial charge < -0.3 is 9.80 Å². The highest BCUT2D eigenvalue weighted by Gasteiger charge is 2.30. The number of alkyl halides is 3. The van der Waals surface area contributed by atoms with Crippen LogP contribution in [0.1, 0.15) is 17.0 Å². The van der Waals surface area contributed by atoms with E-state index in [1.807, 2.05) is 11.9 Å². The van der Waals surface area contributed by atoms with Crippen molar-refractivity contribution in [3.05, 3.63) is 90.1 Å². The van der Waals surface area contributed by atoms with Crippen LogP contribution >= 0.6 is 0 Å². The van der Waals surface area contributed by atoms with Crippen molar-refractivity contribution >= 4 is 11.5 Å². The van der Waals surface area contributed by atoms with Crippen LogP contribution in [0.4, 0.5) is 13.2 Å². The summed E-state index contributed by atoms with van der Waals surface area (Å²) in [5, 5.41) is 0. The summed E-state index contributed by atoms with van der Waals surface area (Å²) in [6, 6.07) is 6.57. The van der Waals surface area contributed by atoms with Gasteiger partial charge in [-0.25, -0.2) is 9.97 Å². The Labute approximate surface area is 179 Å². The van der Waals surface area contributed by atoms with Crippen LogP contribution in [-0.2, 0) is 17.5 Å². The highest BCUT2D eigenvalue weighted by Crippen LogP contribution is 2.30. The Bertz CT molecular complexity index is 982. The van der Waals surface area contributed by atoms with E-state index in [2.05, 4.69) is 16.5 Å². The van der Waals surface area contributed by atoms with Gasteiger partial charge in [0.2, 0.25) is 0 Å². The minimum atomic E-state index is -4.40. The lowest BCUT2D eigenvalue weighted by atomic mass is 10.00. The van der Waals surface area contributed by atoms with Gasteiger partial charge in [-0.2, -0.15) is 13.2 Å². The number of nitrogens with zero attached hydrogens (tertiary/aromatic N) is 4. The molecule has 162 valence electrons. The van der Waals surface area contributed by atoms with E-state index in [1.165, 1.54) is 12.1 Å². The van der Waals surface area contributed by atoms with Crippen molar-refractivity contribution < 1.29 is 18.0 Å². The molecular formula is C23H23F3N4O. The first-order chi connectivity index (χ1) is 14.8. The standard InChI is InChI=1S/C23H23F3N4O/c1-3-5-18(17-6-8-20(9-7-17)23(24,25)26)14-19-15-29(2)12-13-30(22(19)31)16-21-27-10-4-11-28-21/h3-11,14H,1,12-13,15-16H2,2H3/b18-5+,19-14+. The number of halogens is 3. The average molecular weight is 428 g/mol. The molecule has 8 heteroatoms. The van der Waals surface area contributed by atoms with E-state index < -0.39 is 11.7 Å². The number of amides is 1. The fraction of sp³-hybridized carbons (Fsp3) is 0.261. The second-order valence-electron chi connectivity index (χ2n) is 7.23. The molecule has 1 aliphatic heterocycles. The molecule has 0 spiro atoms. The summed E-state index contributed by atoms with van der Waals surface area (Å²) in [5.74, 6) is 0.392. The molecule has 0 saturated carbocycles. The van der Waals surface area contributed by atoms with Gasteiger partial charge in [-0.3, -0.25) is 4.79 Å². The first kappa shape index (κ1) is 22.4. The molecule has 0 atom stereocenters. The number of aromatic nitrogens is 2. The van der Waals surface area contributed by atoms with Crippen LogP contribution in [0.5, 0.6) is 0 Å². The SMILES string of the molecule is C=C/C=C(\C=C1/CN(C)CCN(Cc2ncccn2)C1=O)c1ccc(C(F)(F)F)cc1. The second kappa shape index (κ2) is 9.70. The third kappa shape index (κ3) is 5.88. The molecule has 1 aromatic heterocycles. The van der Waals surface area contributed by atoms with Crippen LogP contribution in [0.25, 0.3) is 5.57 Å². The summed E-state index contributed by atoms with van der Waals surface area (Å²) in [7, 11) is 1.92. The van der Waals surface area contributed by atoms with Gasteiger partial charge in [-0.05, 0) is 42.5 Å². The van der Waals surface area contributed by atoms with Gasteiger partial charge in [-0.15, -0.1) is 0 Å². The lowest BCUT2D eigenvalue weighted by Crippen LogP contribution is -2.33. The van der Waals surface area contributed by atoms with Crippen molar-refractivity contribution in [3.63, 3.8) is 0 Å². The maximum absolute atomic E-state index is 13.2. The predicted octanol–water partition coefficient (Wildman–Crippen LogP) is 3.97. The summed E-state index contributed by atoms with van der Waals surface area (Å²) < 4.78 is 38.7. The average Bonchev–Trinajstić information content (AvgIpc) is 2.87. The van der Waals surface area contributed by atoms with Crippen molar-refractivity contribution in [2.45, 2.75) is 12.7 Å². The number of hydrogen-bond acceptors (Lipinski definition) is 4. The molecule has 0 unspecified atom stereocenters. The molecule has 0 aliphatic carbocycles. The Kier molecular flexibility index (Phi) is 7.02. The Morgan fingerprint density at radius 2 is 1.84 bits per heavy atom. The molecular weight excluding hydrogens is 405 g/mol. The summed E-state index contributed by atoms with van der Waals surface area (Å²) in [5.41, 5.74) is 0.987. The Balaban J connectivity index is 1.91. The smallest absolute Gasteiger partial charge is 0.330 e. The van der Waals surface area contributed by atoms with Gasteiger partial charge in [0.05, 0.1) is 12.1 Å². The van der Waals surface area contributed by atoms with E-state index in [-0.39, 0.29) is 12.5 Å². The molecule has 5 nitrogen and oxygen atoms in total. The third-order valence-electron chi connectivity index (χ3n) is 4.88. The van der Waals surface area contributed by atoms with E-state index in [9.17, 15) is 18.0 Å². The monoisotopic (exact) mass is 428 g/mol. The summed E-state index contributed by atoms with van der Waals surface area (Å²) in [4.78, 5) is 25.3. The van der Waals surface area contributed by atoms with E-state index in [0.29, 0.717) is 42.2 Å². The highest BCUT2D eigenvalue weighted by atomic mass is 19.4. The first-order valence-electron chi connectivity index (χ1n) is 9.72. The molecule has 1 aliphatic rings. The number of benzene rings is 1. The quantitative estimate of drug-likeness (QED) is 0.534. The number of carbonyl (C=O) groups is 1. The van der Waals surface area contributed by atoms with Crippen LogP contribution in [0.15, 0.2) is 73.1 Å². The molecule has 2 aromatic rings. The molecule has 1 fully saturated rings. The number of likely N-dealkylation sites (N-methyl/N-ethyl adjacent to an activating group) is 1. The van der Waals surface area contributed by atoms with Gasteiger partial charge in [0, 0.05) is 37.6 Å². The Morgan fingerprint density at radius 1 is 1.16 bits per heavy atom. The number of carbonyl (C=O) groups excluding carboxylic acids is 1. The van der Waals surface area contributed by atoms with Crippen molar-refractivity contribution in [2.75, 3.05) is 26.7 Å². The van der Waals surface area contributed by atoms with Crippen molar-refractivity contribution in [3.8, 4) is 0 Å². The molecule has 1 aromatic carbocycles. The van der Waals surface area contributed by atoms with Crippen LogP contribution in [0.3, 0.4) is 0 Å². The molecule has 0 bridgehead atoms. The van der Waals surface area contributed by atoms with Gasteiger partial charge in [0.15, 0.2) is 0 Å². The molecule has 0 radical (unpaired) electrons. The van der Waals surface area contributed by atoms with Gasteiger partial charge in [0.1, 0.15) is 5.82 Å². The maximum Gasteiger partial charge on any atom is 0.416 e. The van der Waals surface area contributed by atoms with Crippen molar-refractivity contribution in [2.24, 2.45) is 0 Å². The normalized spacial score (nSPS) is 17.7. The largest absolute Gasteiger partial charge is 0.416 e.